The van der Waals surface area contributed by atoms with E-state index in [1.807, 2.05) is 58.0 Å². The van der Waals surface area contributed by atoms with Gasteiger partial charge >= 0.3 is 6.03 Å². The Morgan fingerprint density at radius 2 is 1.97 bits per heavy atom. The zero-order valence-electron chi connectivity index (χ0n) is 19.2. The molecule has 0 unspecified atom stereocenters. The second kappa shape index (κ2) is 9.10. The maximum atomic E-state index is 12.3. The Morgan fingerprint density at radius 1 is 1.15 bits per heavy atom. The van der Waals surface area contributed by atoms with Gasteiger partial charge in [0.15, 0.2) is 11.0 Å². The summed E-state index contributed by atoms with van der Waals surface area (Å²) in [5, 5.41) is 9.98. The van der Waals surface area contributed by atoms with Gasteiger partial charge in [0.05, 0.1) is 17.6 Å². The second-order valence-electron chi connectivity index (χ2n) is 8.76. The molecule has 0 aliphatic rings. The van der Waals surface area contributed by atoms with Crippen LogP contribution >= 0.6 is 11.3 Å². The molecule has 2 N–H and O–H groups in total. The number of fused-ring (bicyclic) bond motifs is 1. The lowest BCUT2D eigenvalue weighted by atomic mass is 9.97. The number of aromatic nitrogens is 5. The smallest absolute Gasteiger partial charge is 0.321 e. The normalized spacial score (nSPS) is 11.5. The number of carbonyl (C=O) groups excluding carboxylic acids is 1. The van der Waals surface area contributed by atoms with Gasteiger partial charge in [0.25, 0.3) is 0 Å². The molecule has 4 rings (SSSR count). The number of carbonyl (C=O) groups is 1. The molecular weight excluding hydrogens is 440 g/mol. The van der Waals surface area contributed by atoms with Crippen LogP contribution in [0.1, 0.15) is 32.5 Å². The number of nitrogens with zero attached hydrogens (tertiary/aromatic N) is 6. The number of hydrogen-bond acceptors (Lipinski definition) is 9. The number of amides is 2. The molecule has 10 nitrogen and oxygen atoms in total. The number of anilines is 2. The zero-order chi connectivity index (χ0) is 23.6. The predicted molar refractivity (Wildman–Crippen MR) is 129 cm³/mol. The first-order valence-electron chi connectivity index (χ1n) is 10.5. The first-order valence-corrected chi connectivity index (χ1v) is 11.3. The van der Waals surface area contributed by atoms with E-state index in [-0.39, 0.29) is 11.4 Å². The summed E-state index contributed by atoms with van der Waals surface area (Å²) in [7, 11) is 3.93. The molecule has 172 valence electrons. The van der Waals surface area contributed by atoms with Crippen molar-refractivity contribution < 1.29 is 9.32 Å². The largest absolute Gasteiger partial charge is 0.376 e. The topological polar surface area (TPSA) is 122 Å². The fraction of sp³-hybridized carbons (Fsp3) is 0.364. The fourth-order valence-corrected chi connectivity index (χ4v) is 3.77. The van der Waals surface area contributed by atoms with E-state index in [0.717, 1.165) is 27.3 Å². The molecule has 4 heterocycles. The van der Waals surface area contributed by atoms with E-state index in [9.17, 15) is 4.79 Å². The minimum atomic E-state index is -0.350. The van der Waals surface area contributed by atoms with Crippen LogP contribution in [0.2, 0.25) is 0 Å². The summed E-state index contributed by atoms with van der Waals surface area (Å²) >= 11 is 1.32. The van der Waals surface area contributed by atoms with Gasteiger partial charge in [0, 0.05) is 44.2 Å². The van der Waals surface area contributed by atoms with E-state index in [1.54, 1.807) is 12.4 Å². The van der Waals surface area contributed by atoms with Gasteiger partial charge in [-0.05, 0) is 18.2 Å². The highest BCUT2D eigenvalue weighted by atomic mass is 32.1. The highest BCUT2D eigenvalue weighted by Crippen LogP contribution is 2.28. The first kappa shape index (κ1) is 22.6. The van der Waals surface area contributed by atoms with Gasteiger partial charge < -0.3 is 14.7 Å². The molecular formula is C22H26N8O2S. The monoisotopic (exact) mass is 466 g/mol. The van der Waals surface area contributed by atoms with Gasteiger partial charge in [-0.3, -0.25) is 10.3 Å². The Labute approximate surface area is 195 Å². The van der Waals surface area contributed by atoms with Gasteiger partial charge in [-0.2, -0.15) is 4.98 Å². The molecule has 0 fully saturated rings. The Kier molecular flexibility index (Phi) is 6.23. The molecule has 2 amide bonds. The van der Waals surface area contributed by atoms with Crippen LogP contribution in [-0.2, 0) is 11.8 Å². The van der Waals surface area contributed by atoms with Crippen molar-refractivity contribution in [2.75, 3.05) is 30.9 Å². The third kappa shape index (κ3) is 5.43. The lowest BCUT2D eigenvalue weighted by Gasteiger charge is -2.12. The van der Waals surface area contributed by atoms with Crippen molar-refractivity contribution in [3.63, 3.8) is 0 Å². The van der Waals surface area contributed by atoms with Crippen molar-refractivity contribution in [3.05, 3.63) is 42.3 Å². The van der Waals surface area contributed by atoms with Crippen molar-refractivity contribution in [3.8, 4) is 11.3 Å². The van der Waals surface area contributed by atoms with Crippen LogP contribution in [0.5, 0.6) is 0 Å². The standard InChI is InChI=1S/C22H26N8O2S/c1-22(2,3)19-27-17(29-32-19)8-9-24-20(31)28-21-26-16-7-6-15(25-18(16)33-21)13-10-14(30(4)5)12-23-11-13/h6-7,10-12H,8-9H2,1-5H3,(H2,24,26,28,31). The van der Waals surface area contributed by atoms with Gasteiger partial charge in [-0.1, -0.05) is 37.3 Å². The maximum absolute atomic E-state index is 12.3. The van der Waals surface area contributed by atoms with E-state index in [1.165, 1.54) is 11.3 Å². The highest BCUT2D eigenvalue weighted by molar-refractivity contribution is 7.21. The molecule has 0 saturated heterocycles. The molecule has 0 atom stereocenters. The average Bonchev–Trinajstić information content (AvgIpc) is 3.39. The Hall–Kier alpha value is -3.60. The predicted octanol–water partition coefficient (Wildman–Crippen LogP) is 3.86. The van der Waals surface area contributed by atoms with Crippen molar-refractivity contribution in [2.24, 2.45) is 0 Å². The van der Waals surface area contributed by atoms with Crippen molar-refractivity contribution in [1.29, 1.82) is 0 Å². The number of rotatable bonds is 6. The second-order valence-corrected chi connectivity index (χ2v) is 9.74. The van der Waals surface area contributed by atoms with Gasteiger partial charge in [0.2, 0.25) is 5.89 Å². The Balaban J connectivity index is 1.37. The molecule has 33 heavy (non-hydrogen) atoms. The van der Waals surface area contributed by atoms with Crippen molar-refractivity contribution >= 4 is 38.5 Å². The van der Waals surface area contributed by atoms with Crippen LogP contribution in [0.3, 0.4) is 0 Å². The molecule has 0 radical (unpaired) electrons. The summed E-state index contributed by atoms with van der Waals surface area (Å²) in [5.41, 5.74) is 3.22. The molecule has 0 aliphatic heterocycles. The summed E-state index contributed by atoms with van der Waals surface area (Å²) in [6, 6.07) is 5.47. The number of hydrogen-bond donors (Lipinski definition) is 2. The van der Waals surface area contributed by atoms with Gasteiger partial charge in [-0.25, -0.2) is 14.8 Å². The first-order chi connectivity index (χ1) is 15.7. The molecule has 0 saturated carbocycles. The lowest BCUT2D eigenvalue weighted by Crippen LogP contribution is -2.30. The number of urea groups is 1. The SMILES string of the molecule is CN(C)c1cncc(-c2ccc3nc(NC(=O)NCCc4noc(C(C)(C)C)n4)sc3n2)c1. The molecule has 0 bridgehead atoms. The third-order valence-corrected chi connectivity index (χ3v) is 5.64. The van der Waals surface area contributed by atoms with E-state index < -0.39 is 0 Å². The lowest BCUT2D eigenvalue weighted by molar-refractivity contribution is 0.252. The Morgan fingerprint density at radius 3 is 2.70 bits per heavy atom. The molecule has 4 aromatic heterocycles. The van der Waals surface area contributed by atoms with Crippen molar-refractivity contribution in [2.45, 2.75) is 32.6 Å². The highest BCUT2D eigenvalue weighted by Gasteiger charge is 2.21. The van der Waals surface area contributed by atoms with Crippen LogP contribution < -0.4 is 15.5 Å². The quantitative estimate of drug-likeness (QED) is 0.439. The third-order valence-electron chi connectivity index (χ3n) is 4.76. The van der Waals surface area contributed by atoms with E-state index >= 15 is 0 Å². The van der Waals surface area contributed by atoms with Crippen LogP contribution in [0.25, 0.3) is 21.6 Å². The zero-order valence-corrected chi connectivity index (χ0v) is 20.0. The molecule has 4 aromatic rings. The number of pyridine rings is 2. The van der Waals surface area contributed by atoms with E-state index in [0.29, 0.717) is 29.8 Å². The van der Waals surface area contributed by atoms with Crippen LogP contribution in [0.4, 0.5) is 15.6 Å². The summed E-state index contributed by atoms with van der Waals surface area (Å²) in [4.78, 5) is 32.8. The van der Waals surface area contributed by atoms with Crippen molar-refractivity contribution in [1.82, 2.24) is 30.4 Å². The number of nitrogens with one attached hydrogen (secondary N) is 2. The van der Waals surface area contributed by atoms with Crippen LogP contribution in [0.15, 0.2) is 35.1 Å². The van der Waals surface area contributed by atoms with E-state index in [2.05, 4.69) is 30.7 Å². The minimum Gasteiger partial charge on any atom is -0.376 e. The summed E-state index contributed by atoms with van der Waals surface area (Å²) < 4.78 is 5.26. The number of thiazole rings is 1. The van der Waals surface area contributed by atoms with E-state index in [4.69, 9.17) is 9.51 Å². The van der Waals surface area contributed by atoms with Gasteiger partial charge in [-0.15, -0.1) is 0 Å². The average molecular weight is 467 g/mol. The van der Waals surface area contributed by atoms with Gasteiger partial charge in [0.1, 0.15) is 10.3 Å². The molecule has 0 aliphatic carbocycles. The van der Waals surface area contributed by atoms with Crippen LogP contribution in [-0.4, -0.2) is 51.8 Å². The fourth-order valence-electron chi connectivity index (χ4n) is 2.93. The minimum absolute atomic E-state index is 0.206. The molecule has 0 aromatic carbocycles. The van der Waals surface area contributed by atoms with Crippen LogP contribution in [0, 0.1) is 0 Å². The summed E-state index contributed by atoms with van der Waals surface area (Å²) in [5.74, 6) is 1.14. The summed E-state index contributed by atoms with van der Waals surface area (Å²) in [6.07, 6.45) is 4.05. The Bertz CT molecular complexity index is 1270. The summed E-state index contributed by atoms with van der Waals surface area (Å²) in [6.45, 7) is 6.38. The molecule has 0 spiro atoms. The maximum Gasteiger partial charge on any atom is 0.321 e. The molecule has 11 heteroatoms.